The van der Waals surface area contributed by atoms with Crippen molar-refractivity contribution in [2.45, 2.75) is 65.3 Å². The third-order valence-corrected chi connectivity index (χ3v) is 5.98. The number of carbonyl (C=O) groups excluding carboxylic acids is 1. The summed E-state index contributed by atoms with van der Waals surface area (Å²) < 4.78 is 0. The molecule has 2 unspecified atom stereocenters. The fourth-order valence-corrected chi connectivity index (χ4v) is 5.57. The molecule has 2 aliphatic carbocycles. The molecule has 1 saturated heterocycles. The predicted molar refractivity (Wildman–Crippen MR) is 81.1 cm³/mol. The van der Waals surface area contributed by atoms with E-state index in [-0.39, 0.29) is 5.92 Å². The molecule has 2 N–H and O–H groups in total. The van der Waals surface area contributed by atoms with Gasteiger partial charge in [-0.1, -0.05) is 27.2 Å². The quantitative estimate of drug-likeness (QED) is 0.844. The van der Waals surface area contributed by atoms with E-state index in [0.717, 1.165) is 19.4 Å². The summed E-state index contributed by atoms with van der Waals surface area (Å²) in [5.74, 6) is 1.07. The van der Waals surface area contributed by atoms with Crippen LogP contribution in [0.5, 0.6) is 0 Å². The lowest BCUT2D eigenvalue weighted by Gasteiger charge is -2.39. The van der Waals surface area contributed by atoms with E-state index in [2.05, 4.69) is 25.7 Å². The predicted octanol–water partition coefficient (Wildman–Crippen LogP) is 2.79. The molecule has 3 fully saturated rings. The van der Waals surface area contributed by atoms with Gasteiger partial charge < -0.3 is 10.6 Å². The van der Waals surface area contributed by atoms with Gasteiger partial charge in [-0.2, -0.15) is 0 Å². The Morgan fingerprint density at radius 2 is 2.00 bits per heavy atom. The summed E-state index contributed by atoms with van der Waals surface area (Å²) in [6.45, 7) is 8.77. The fourth-order valence-electron chi connectivity index (χ4n) is 5.57. The monoisotopic (exact) mass is 278 g/mol. The standard InChI is InChI=1S/C17H30N2O/c1-16(2)7-13-8-17(3,10-16)11-19(13)15(20)14-6-4-5-12(14)9-18/h12-14H,4-11,18H2,1-3H3/t12-,13?,14-,17?/m1/s1. The zero-order valence-electron chi connectivity index (χ0n) is 13.3. The molecule has 3 heteroatoms. The van der Waals surface area contributed by atoms with E-state index in [1.165, 1.54) is 25.7 Å². The Morgan fingerprint density at radius 3 is 2.70 bits per heavy atom. The van der Waals surface area contributed by atoms with E-state index in [1.807, 2.05) is 0 Å². The lowest BCUT2D eigenvalue weighted by molar-refractivity contribution is -0.137. The zero-order chi connectivity index (χ0) is 14.5. The van der Waals surface area contributed by atoms with Crippen LogP contribution in [-0.4, -0.2) is 29.9 Å². The van der Waals surface area contributed by atoms with Crippen LogP contribution in [0.4, 0.5) is 0 Å². The molecule has 4 atom stereocenters. The van der Waals surface area contributed by atoms with Crippen LogP contribution in [-0.2, 0) is 4.79 Å². The Balaban J connectivity index is 1.77. The summed E-state index contributed by atoms with van der Waals surface area (Å²) in [4.78, 5) is 15.2. The van der Waals surface area contributed by atoms with Crippen LogP contribution in [0, 0.1) is 22.7 Å². The summed E-state index contributed by atoms with van der Waals surface area (Å²) in [6, 6.07) is 0.482. The van der Waals surface area contributed by atoms with Gasteiger partial charge in [0.2, 0.25) is 5.91 Å². The minimum Gasteiger partial charge on any atom is -0.339 e. The zero-order valence-corrected chi connectivity index (χ0v) is 13.3. The highest BCUT2D eigenvalue weighted by atomic mass is 16.2. The van der Waals surface area contributed by atoms with Crippen molar-refractivity contribution in [2.75, 3.05) is 13.1 Å². The summed E-state index contributed by atoms with van der Waals surface area (Å²) in [6.07, 6.45) is 7.03. The molecule has 3 nitrogen and oxygen atoms in total. The summed E-state index contributed by atoms with van der Waals surface area (Å²) in [5, 5.41) is 0. The van der Waals surface area contributed by atoms with Crippen molar-refractivity contribution in [2.24, 2.45) is 28.4 Å². The van der Waals surface area contributed by atoms with Crippen LogP contribution in [0.2, 0.25) is 0 Å². The molecule has 0 radical (unpaired) electrons. The van der Waals surface area contributed by atoms with Crippen molar-refractivity contribution in [3.8, 4) is 0 Å². The second kappa shape index (κ2) is 4.72. The molecule has 20 heavy (non-hydrogen) atoms. The molecule has 0 aromatic heterocycles. The topological polar surface area (TPSA) is 46.3 Å². The van der Waals surface area contributed by atoms with Crippen molar-refractivity contribution < 1.29 is 4.79 Å². The SMILES string of the molecule is CC1(C)CC2CC(C)(CN2C(=O)[C@@H]2CCC[C@@H]2CN)C1. The van der Waals surface area contributed by atoms with E-state index in [1.54, 1.807) is 0 Å². The first-order valence-corrected chi connectivity index (χ1v) is 8.34. The minimum atomic E-state index is 0.214. The number of nitrogens with zero attached hydrogens (tertiary/aromatic N) is 1. The van der Waals surface area contributed by atoms with Gasteiger partial charge in [-0.05, 0) is 55.4 Å². The molecule has 3 aliphatic rings. The first kappa shape index (κ1) is 14.4. The number of nitrogens with two attached hydrogens (primary N) is 1. The lowest BCUT2D eigenvalue weighted by atomic mass is 9.65. The number of hydrogen-bond acceptors (Lipinski definition) is 2. The van der Waals surface area contributed by atoms with Crippen molar-refractivity contribution in [1.29, 1.82) is 0 Å². The van der Waals surface area contributed by atoms with Crippen molar-refractivity contribution >= 4 is 5.91 Å². The average molecular weight is 278 g/mol. The van der Waals surface area contributed by atoms with Gasteiger partial charge in [0.05, 0.1) is 0 Å². The Labute approximate surface area is 123 Å². The molecule has 114 valence electrons. The number of fused-ring (bicyclic) bond motifs is 2. The van der Waals surface area contributed by atoms with E-state index < -0.39 is 0 Å². The Kier molecular flexibility index (Phi) is 3.39. The van der Waals surface area contributed by atoms with Gasteiger partial charge in [0, 0.05) is 18.5 Å². The molecule has 2 bridgehead atoms. The third-order valence-electron chi connectivity index (χ3n) is 5.98. The van der Waals surface area contributed by atoms with Gasteiger partial charge in [0.25, 0.3) is 0 Å². The normalized spacial score (nSPS) is 43.0. The van der Waals surface area contributed by atoms with Crippen molar-refractivity contribution in [1.82, 2.24) is 4.90 Å². The molecule has 2 saturated carbocycles. The number of rotatable bonds is 2. The number of amides is 1. The molecular weight excluding hydrogens is 248 g/mol. The van der Waals surface area contributed by atoms with Gasteiger partial charge in [0.15, 0.2) is 0 Å². The molecule has 0 spiro atoms. The van der Waals surface area contributed by atoms with E-state index in [0.29, 0.717) is 35.2 Å². The van der Waals surface area contributed by atoms with Gasteiger partial charge in [-0.25, -0.2) is 0 Å². The Hall–Kier alpha value is -0.570. The molecular formula is C17H30N2O. The van der Waals surface area contributed by atoms with Crippen LogP contribution in [0.1, 0.15) is 59.3 Å². The van der Waals surface area contributed by atoms with Gasteiger partial charge in [0.1, 0.15) is 0 Å². The van der Waals surface area contributed by atoms with Crippen LogP contribution in [0.15, 0.2) is 0 Å². The van der Waals surface area contributed by atoms with E-state index >= 15 is 0 Å². The van der Waals surface area contributed by atoms with Gasteiger partial charge >= 0.3 is 0 Å². The summed E-state index contributed by atoms with van der Waals surface area (Å²) in [7, 11) is 0. The molecule has 1 heterocycles. The van der Waals surface area contributed by atoms with Gasteiger partial charge in [-0.3, -0.25) is 4.79 Å². The highest BCUT2D eigenvalue weighted by Crippen LogP contribution is 2.53. The highest BCUT2D eigenvalue weighted by Gasteiger charge is 2.52. The van der Waals surface area contributed by atoms with Crippen LogP contribution < -0.4 is 5.73 Å². The maximum absolute atomic E-state index is 13.0. The average Bonchev–Trinajstić information content (AvgIpc) is 2.89. The maximum atomic E-state index is 13.0. The second-order valence-electron chi connectivity index (χ2n) is 8.71. The van der Waals surface area contributed by atoms with E-state index in [9.17, 15) is 4.79 Å². The molecule has 0 aromatic carbocycles. The molecule has 1 aliphatic heterocycles. The number of hydrogen-bond donors (Lipinski definition) is 1. The number of carbonyl (C=O) groups is 1. The second-order valence-corrected chi connectivity index (χ2v) is 8.71. The molecule has 1 amide bonds. The maximum Gasteiger partial charge on any atom is 0.226 e. The van der Waals surface area contributed by atoms with Crippen LogP contribution >= 0.6 is 0 Å². The largest absolute Gasteiger partial charge is 0.339 e. The minimum absolute atomic E-state index is 0.214. The Bertz CT molecular complexity index is 406. The van der Waals surface area contributed by atoms with Crippen LogP contribution in [0.3, 0.4) is 0 Å². The van der Waals surface area contributed by atoms with Gasteiger partial charge in [-0.15, -0.1) is 0 Å². The third kappa shape index (κ3) is 2.38. The fraction of sp³-hybridized carbons (Fsp3) is 0.941. The summed E-state index contributed by atoms with van der Waals surface area (Å²) >= 11 is 0. The smallest absolute Gasteiger partial charge is 0.226 e. The summed E-state index contributed by atoms with van der Waals surface area (Å²) in [5.41, 5.74) is 6.60. The number of likely N-dealkylation sites (tertiary alicyclic amines) is 1. The first-order valence-electron chi connectivity index (χ1n) is 8.34. The lowest BCUT2D eigenvalue weighted by Crippen LogP contribution is -2.42. The first-order chi connectivity index (χ1) is 9.34. The Morgan fingerprint density at radius 1 is 1.25 bits per heavy atom. The van der Waals surface area contributed by atoms with Crippen molar-refractivity contribution in [3.63, 3.8) is 0 Å². The van der Waals surface area contributed by atoms with Crippen molar-refractivity contribution in [3.05, 3.63) is 0 Å². The highest BCUT2D eigenvalue weighted by molar-refractivity contribution is 5.80. The molecule has 3 rings (SSSR count). The molecule has 0 aromatic rings. The van der Waals surface area contributed by atoms with Crippen LogP contribution in [0.25, 0.3) is 0 Å². The van der Waals surface area contributed by atoms with E-state index in [4.69, 9.17) is 5.73 Å².